The topological polar surface area (TPSA) is 58.4 Å². The zero-order valence-electron chi connectivity index (χ0n) is 12.8. The molecule has 0 unspecified atom stereocenters. The number of aromatic hydroxyl groups is 1. The molecule has 1 aliphatic rings. The predicted molar refractivity (Wildman–Crippen MR) is 83.3 cm³/mol. The van der Waals surface area contributed by atoms with E-state index >= 15 is 0 Å². The first kappa shape index (κ1) is 14.6. The van der Waals surface area contributed by atoms with Crippen LogP contribution in [0.4, 0.5) is 0 Å². The number of nitrogens with zero attached hydrogens (tertiary/aromatic N) is 3. The second-order valence-electron chi connectivity index (χ2n) is 5.86. The van der Waals surface area contributed by atoms with Gasteiger partial charge < -0.3 is 10.0 Å². The van der Waals surface area contributed by atoms with Crippen molar-refractivity contribution in [3.8, 4) is 5.75 Å². The SMILES string of the molecule is Cn1cc(CCC(=O)N2CCC[C@H]2c2ccc(O)cc2)cn1. The van der Waals surface area contributed by atoms with Crippen LogP contribution in [0, 0.1) is 0 Å². The summed E-state index contributed by atoms with van der Waals surface area (Å²) in [5.74, 6) is 0.454. The predicted octanol–water partition coefficient (Wildman–Crippen LogP) is 2.42. The van der Waals surface area contributed by atoms with Crippen LogP contribution in [0.2, 0.25) is 0 Å². The summed E-state index contributed by atoms with van der Waals surface area (Å²) in [4.78, 5) is 14.5. The van der Waals surface area contributed by atoms with Crippen molar-refractivity contribution < 1.29 is 9.90 Å². The summed E-state index contributed by atoms with van der Waals surface area (Å²) in [6.07, 6.45) is 7.03. The highest BCUT2D eigenvalue weighted by Gasteiger charge is 2.29. The van der Waals surface area contributed by atoms with Crippen LogP contribution in [0.15, 0.2) is 36.7 Å². The van der Waals surface area contributed by atoms with Crippen molar-refractivity contribution in [2.75, 3.05) is 6.54 Å². The Morgan fingerprint density at radius 1 is 1.36 bits per heavy atom. The van der Waals surface area contributed by atoms with Crippen molar-refractivity contribution in [2.45, 2.75) is 31.7 Å². The molecule has 5 nitrogen and oxygen atoms in total. The normalized spacial score (nSPS) is 17.9. The van der Waals surface area contributed by atoms with Crippen molar-refractivity contribution in [1.82, 2.24) is 14.7 Å². The van der Waals surface area contributed by atoms with E-state index in [9.17, 15) is 9.90 Å². The molecular formula is C17H21N3O2. The van der Waals surface area contributed by atoms with Gasteiger partial charge in [0.2, 0.25) is 5.91 Å². The van der Waals surface area contributed by atoms with E-state index in [4.69, 9.17) is 0 Å². The first-order chi connectivity index (χ1) is 10.6. The molecule has 5 heteroatoms. The minimum atomic E-state index is 0.141. The second-order valence-corrected chi connectivity index (χ2v) is 5.86. The molecule has 1 aliphatic heterocycles. The first-order valence-corrected chi connectivity index (χ1v) is 7.69. The van der Waals surface area contributed by atoms with Gasteiger partial charge in [-0.3, -0.25) is 9.48 Å². The lowest BCUT2D eigenvalue weighted by molar-refractivity contribution is -0.132. The van der Waals surface area contributed by atoms with Gasteiger partial charge in [0.25, 0.3) is 0 Å². The molecular weight excluding hydrogens is 278 g/mol. The number of phenols is 1. The van der Waals surface area contributed by atoms with E-state index in [0.29, 0.717) is 6.42 Å². The largest absolute Gasteiger partial charge is 0.508 e. The molecule has 0 spiro atoms. The Hall–Kier alpha value is -2.30. The van der Waals surface area contributed by atoms with Gasteiger partial charge in [0, 0.05) is 26.2 Å². The van der Waals surface area contributed by atoms with Gasteiger partial charge in [-0.25, -0.2) is 0 Å². The molecule has 1 N–H and O–H groups in total. The molecule has 1 atom stereocenters. The molecule has 2 heterocycles. The van der Waals surface area contributed by atoms with Crippen LogP contribution in [0.5, 0.6) is 5.75 Å². The first-order valence-electron chi connectivity index (χ1n) is 7.69. The number of aryl methyl sites for hydroxylation is 2. The zero-order chi connectivity index (χ0) is 15.5. The minimum Gasteiger partial charge on any atom is -0.508 e. The Bertz CT molecular complexity index is 648. The number of hydrogen-bond acceptors (Lipinski definition) is 3. The molecule has 0 aliphatic carbocycles. The van der Waals surface area contributed by atoms with E-state index in [1.807, 2.05) is 36.5 Å². The zero-order valence-corrected chi connectivity index (χ0v) is 12.8. The summed E-state index contributed by atoms with van der Waals surface area (Å²) in [6.45, 7) is 0.817. The standard InChI is InChI=1S/C17H21N3O2/c1-19-12-13(11-18-19)4-9-17(22)20-10-2-3-16(20)14-5-7-15(21)8-6-14/h5-8,11-12,16,21H,2-4,9-10H2,1H3/t16-/m0/s1. The Labute approximate surface area is 130 Å². The number of amides is 1. The third-order valence-corrected chi connectivity index (χ3v) is 4.24. The van der Waals surface area contributed by atoms with Crippen LogP contribution in [0.1, 0.15) is 36.4 Å². The number of likely N-dealkylation sites (tertiary alicyclic amines) is 1. The number of rotatable bonds is 4. The number of hydrogen-bond donors (Lipinski definition) is 1. The summed E-state index contributed by atoms with van der Waals surface area (Å²) < 4.78 is 1.76. The summed E-state index contributed by atoms with van der Waals surface area (Å²) in [7, 11) is 1.88. The molecule has 0 saturated carbocycles. The van der Waals surface area contributed by atoms with Crippen molar-refractivity contribution in [3.63, 3.8) is 0 Å². The van der Waals surface area contributed by atoms with Crippen molar-refractivity contribution >= 4 is 5.91 Å². The average Bonchev–Trinajstić information content (AvgIpc) is 3.14. The highest BCUT2D eigenvalue weighted by molar-refractivity contribution is 5.77. The number of phenolic OH excluding ortho intramolecular Hbond substituents is 1. The lowest BCUT2D eigenvalue weighted by atomic mass is 10.0. The maximum Gasteiger partial charge on any atom is 0.223 e. The van der Waals surface area contributed by atoms with E-state index < -0.39 is 0 Å². The number of benzene rings is 1. The summed E-state index contributed by atoms with van der Waals surface area (Å²) >= 11 is 0. The minimum absolute atomic E-state index is 0.141. The van der Waals surface area contributed by atoms with Gasteiger partial charge >= 0.3 is 0 Å². The number of aromatic nitrogens is 2. The third kappa shape index (κ3) is 3.13. The monoisotopic (exact) mass is 299 g/mol. The van der Waals surface area contributed by atoms with Crippen LogP contribution >= 0.6 is 0 Å². The Morgan fingerprint density at radius 3 is 2.82 bits per heavy atom. The van der Waals surface area contributed by atoms with Gasteiger partial charge in [0.05, 0.1) is 12.2 Å². The molecule has 1 fully saturated rings. The molecule has 1 aromatic heterocycles. The lowest BCUT2D eigenvalue weighted by Gasteiger charge is -2.25. The fourth-order valence-electron chi connectivity index (χ4n) is 3.10. The highest BCUT2D eigenvalue weighted by Crippen LogP contribution is 2.33. The van der Waals surface area contributed by atoms with Gasteiger partial charge in [-0.1, -0.05) is 12.1 Å². The smallest absolute Gasteiger partial charge is 0.223 e. The molecule has 2 aromatic rings. The van der Waals surface area contributed by atoms with E-state index in [1.54, 1.807) is 16.8 Å². The van der Waals surface area contributed by atoms with Gasteiger partial charge in [0.1, 0.15) is 5.75 Å². The van der Waals surface area contributed by atoms with Gasteiger partial charge in [-0.15, -0.1) is 0 Å². The summed E-state index contributed by atoms with van der Waals surface area (Å²) in [5.41, 5.74) is 2.20. The quantitative estimate of drug-likeness (QED) is 0.943. The second kappa shape index (κ2) is 6.22. The fourth-order valence-corrected chi connectivity index (χ4v) is 3.10. The number of carbonyl (C=O) groups excluding carboxylic acids is 1. The van der Waals surface area contributed by atoms with E-state index in [-0.39, 0.29) is 17.7 Å². The van der Waals surface area contributed by atoms with Crippen LogP contribution < -0.4 is 0 Å². The maximum atomic E-state index is 12.5. The Kier molecular flexibility index (Phi) is 4.13. The van der Waals surface area contributed by atoms with E-state index in [0.717, 1.165) is 36.9 Å². The molecule has 22 heavy (non-hydrogen) atoms. The van der Waals surface area contributed by atoms with Gasteiger partial charge in [-0.2, -0.15) is 5.10 Å². The summed E-state index contributed by atoms with van der Waals surface area (Å²) in [5, 5.41) is 13.5. The number of carbonyl (C=O) groups is 1. The van der Waals surface area contributed by atoms with Crippen LogP contribution in [-0.4, -0.2) is 32.2 Å². The van der Waals surface area contributed by atoms with Gasteiger partial charge in [-0.05, 0) is 42.5 Å². The maximum absolute atomic E-state index is 12.5. The van der Waals surface area contributed by atoms with Crippen molar-refractivity contribution in [3.05, 3.63) is 47.8 Å². The van der Waals surface area contributed by atoms with E-state index in [2.05, 4.69) is 5.10 Å². The van der Waals surface area contributed by atoms with Crippen molar-refractivity contribution in [2.24, 2.45) is 7.05 Å². The molecule has 1 amide bonds. The van der Waals surface area contributed by atoms with E-state index in [1.165, 1.54) is 0 Å². The Balaban J connectivity index is 1.64. The van der Waals surface area contributed by atoms with Crippen LogP contribution in [0.3, 0.4) is 0 Å². The molecule has 1 saturated heterocycles. The molecule has 116 valence electrons. The lowest BCUT2D eigenvalue weighted by Crippen LogP contribution is -2.30. The molecule has 3 rings (SSSR count). The summed E-state index contributed by atoms with van der Waals surface area (Å²) in [6, 6.07) is 7.33. The third-order valence-electron chi connectivity index (χ3n) is 4.24. The van der Waals surface area contributed by atoms with Gasteiger partial charge in [0.15, 0.2) is 0 Å². The Morgan fingerprint density at radius 2 is 2.14 bits per heavy atom. The van der Waals surface area contributed by atoms with Crippen LogP contribution in [0.25, 0.3) is 0 Å². The van der Waals surface area contributed by atoms with Crippen LogP contribution in [-0.2, 0) is 18.3 Å². The average molecular weight is 299 g/mol. The highest BCUT2D eigenvalue weighted by atomic mass is 16.3. The molecule has 0 radical (unpaired) electrons. The van der Waals surface area contributed by atoms with Crippen molar-refractivity contribution in [1.29, 1.82) is 0 Å². The fraction of sp³-hybridized carbons (Fsp3) is 0.412. The molecule has 0 bridgehead atoms. The molecule has 1 aromatic carbocycles.